The first-order valence-electron chi connectivity index (χ1n) is 6.79. The standard InChI is InChI=1S/C15H18N2O2/c1-17-10-16-12-7-5-6-11(13(12)17)15(14(18)19)8-3-2-4-9-15/h5-7,10H,2-4,8-9H2,1H3,(H,18,19). The number of imidazole rings is 1. The summed E-state index contributed by atoms with van der Waals surface area (Å²) < 4.78 is 1.93. The molecule has 0 atom stereocenters. The van der Waals surface area contributed by atoms with E-state index in [1.807, 2.05) is 29.8 Å². The molecular formula is C15H18N2O2. The number of carbonyl (C=O) groups is 1. The van der Waals surface area contributed by atoms with Crippen LogP contribution in [0.5, 0.6) is 0 Å². The number of para-hydroxylation sites is 1. The lowest BCUT2D eigenvalue weighted by atomic mass is 9.69. The number of aliphatic carboxylic acids is 1. The van der Waals surface area contributed by atoms with Crippen LogP contribution in [0.25, 0.3) is 11.0 Å². The highest BCUT2D eigenvalue weighted by molar-refractivity contribution is 5.90. The minimum atomic E-state index is -0.731. The van der Waals surface area contributed by atoms with Crippen LogP contribution in [-0.4, -0.2) is 20.6 Å². The molecule has 19 heavy (non-hydrogen) atoms. The number of benzene rings is 1. The van der Waals surface area contributed by atoms with Gasteiger partial charge in [0.15, 0.2) is 0 Å². The first-order valence-corrected chi connectivity index (χ1v) is 6.79. The van der Waals surface area contributed by atoms with Gasteiger partial charge in [-0.1, -0.05) is 31.4 Å². The van der Waals surface area contributed by atoms with Crippen LogP contribution >= 0.6 is 0 Å². The monoisotopic (exact) mass is 258 g/mol. The Morgan fingerprint density at radius 1 is 1.32 bits per heavy atom. The molecule has 1 fully saturated rings. The van der Waals surface area contributed by atoms with Crippen molar-refractivity contribution >= 4 is 17.0 Å². The fourth-order valence-corrected chi connectivity index (χ4v) is 3.35. The van der Waals surface area contributed by atoms with Crippen LogP contribution in [0.4, 0.5) is 0 Å². The van der Waals surface area contributed by atoms with Crippen LogP contribution in [0.2, 0.25) is 0 Å². The van der Waals surface area contributed by atoms with Crippen LogP contribution in [0.1, 0.15) is 37.7 Å². The highest BCUT2D eigenvalue weighted by atomic mass is 16.4. The van der Waals surface area contributed by atoms with Crippen molar-refractivity contribution in [3.8, 4) is 0 Å². The molecule has 1 aliphatic carbocycles. The molecule has 0 spiro atoms. The van der Waals surface area contributed by atoms with Crippen molar-refractivity contribution in [3.05, 3.63) is 30.1 Å². The van der Waals surface area contributed by atoms with Crippen molar-refractivity contribution in [1.29, 1.82) is 0 Å². The number of fused-ring (bicyclic) bond motifs is 1. The quantitative estimate of drug-likeness (QED) is 0.901. The predicted molar refractivity (Wildman–Crippen MR) is 73.1 cm³/mol. The van der Waals surface area contributed by atoms with Gasteiger partial charge in [0.25, 0.3) is 0 Å². The third-order valence-electron chi connectivity index (χ3n) is 4.37. The molecule has 4 nitrogen and oxygen atoms in total. The average Bonchev–Trinajstić information content (AvgIpc) is 2.81. The Hall–Kier alpha value is -1.84. The van der Waals surface area contributed by atoms with E-state index in [2.05, 4.69) is 4.98 Å². The van der Waals surface area contributed by atoms with Gasteiger partial charge in [0.1, 0.15) is 0 Å². The summed E-state index contributed by atoms with van der Waals surface area (Å²) in [6, 6.07) is 5.82. The van der Waals surface area contributed by atoms with E-state index in [1.165, 1.54) is 0 Å². The fraction of sp³-hybridized carbons (Fsp3) is 0.467. The highest BCUT2D eigenvalue weighted by Crippen LogP contribution is 2.42. The van der Waals surface area contributed by atoms with Gasteiger partial charge in [0.05, 0.1) is 22.8 Å². The lowest BCUT2D eigenvalue weighted by Crippen LogP contribution is -2.38. The second kappa shape index (κ2) is 4.37. The van der Waals surface area contributed by atoms with Gasteiger partial charge in [-0.15, -0.1) is 0 Å². The molecule has 0 bridgehead atoms. The van der Waals surface area contributed by atoms with Crippen LogP contribution < -0.4 is 0 Å². The van der Waals surface area contributed by atoms with E-state index in [9.17, 15) is 9.90 Å². The molecule has 0 radical (unpaired) electrons. The first kappa shape index (κ1) is 12.2. The summed E-state index contributed by atoms with van der Waals surface area (Å²) in [6.45, 7) is 0. The van der Waals surface area contributed by atoms with Gasteiger partial charge in [0, 0.05) is 7.05 Å². The summed E-state index contributed by atoms with van der Waals surface area (Å²) >= 11 is 0. The topological polar surface area (TPSA) is 55.1 Å². The molecule has 2 aromatic rings. The molecule has 0 unspecified atom stereocenters. The Kier molecular flexibility index (Phi) is 2.81. The Morgan fingerprint density at radius 3 is 2.74 bits per heavy atom. The molecule has 1 aromatic heterocycles. The first-order chi connectivity index (χ1) is 9.15. The van der Waals surface area contributed by atoms with E-state index >= 15 is 0 Å². The smallest absolute Gasteiger partial charge is 0.314 e. The number of carboxylic acid groups (broad SMARTS) is 1. The Labute approximate surface area is 112 Å². The predicted octanol–water partition coefficient (Wildman–Crippen LogP) is 2.86. The van der Waals surface area contributed by atoms with Gasteiger partial charge in [-0.25, -0.2) is 4.98 Å². The second-order valence-corrected chi connectivity index (χ2v) is 5.48. The zero-order valence-electron chi connectivity index (χ0n) is 11.1. The number of nitrogens with zero attached hydrogens (tertiary/aromatic N) is 2. The number of aromatic nitrogens is 2. The van der Waals surface area contributed by atoms with Gasteiger partial charge in [-0.3, -0.25) is 4.79 Å². The van der Waals surface area contributed by atoms with E-state index in [-0.39, 0.29) is 0 Å². The third-order valence-corrected chi connectivity index (χ3v) is 4.37. The number of carboxylic acids is 1. The largest absolute Gasteiger partial charge is 0.481 e. The van der Waals surface area contributed by atoms with E-state index in [0.29, 0.717) is 0 Å². The average molecular weight is 258 g/mol. The molecule has 1 saturated carbocycles. The Balaban J connectivity index is 2.26. The zero-order chi connectivity index (χ0) is 13.5. The van der Waals surface area contributed by atoms with E-state index in [4.69, 9.17) is 0 Å². The zero-order valence-corrected chi connectivity index (χ0v) is 11.1. The van der Waals surface area contributed by atoms with Crippen molar-refractivity contribution in [1.82, 2.24) is 9.55 Å². The summed E-state index contributed by atoms with van der Waals surface area (Å²) in [5.74, 6) is -0.694. The van der Waals surface area contributed by atoms with Crippen molar-refractivity contribution in [2.75, 3.05) is 0 Å². The molecule has 1 aromatic carbocycles. The van der Waals surface area contributed by atoms with Gasteiger partial charge in [-0.05, 0) is 24.5 Å². The molecule has 0 saturated heterocycles. The highest BCUT2D eigenvalue weighted by Gasteiger charge is 2.42. The molecule has 0 amide bonds. The molecular weight excluding hydrogens is 240 g/mol. The summed E-state index contributed by atoms with van der Waals surface area (Å²) in [6.07, 6.45) is 6.32. The molecule has 0 aliphatic heterocycles. The van der Waals surface area contributed by atoms with Crippen LogP contribution in [0.15, 0.2) is 24.5 Å². The second-order valence-electron chi connectivity index (χ2n) is 5.48. The summed E-state index contributed by atoms with van der Waals surface area (Å²) in [4.78, 5) is 16.3. The summed E-state index contributed by atoms with van der Waals surface area (Å²) in [5.41, 5.74) is 2.04. The maximum absolute atomic E-state index is 11.9. The van der Waals surface area contributed by atoms with Crippen LogP contribution in [-0.2, 0) is 17.3 Å². The summed E-state index contributed by atoms with van der Waals surface area (Å²) in [7, 11) is 1.93. The molecule has 4 heteroatoms. The van der Waals surface area contributed by atoms with Gasteiger partial charge < -0.3 is 9.67 Å². The van der Waals surface area contributed by atoms with Crippen LogP contribution in [0, 0.1) is 0 Å². The van der Waals surface area contributed by atoms with Crippen molar-refractivity contribution in [3.63, 3.8) is 0 Å². The molecule has 1 aliphatic rings. The van der Waals surface area contributed by atoms with Gasteiger partial charge in [-0.2, -0.15) is 0 Å². The lowest BCUT2D eigenvalue weighted by Gasteiger charge is -2.34. The molecule has 100 valence electrons. The number of aryl methyl sites for hydroxylation is 1. The molecule has 1 N–H and O–H groups in total. The molecule has 1 heterocycles. The van der Waals surface area contributed by atoms with Gasteiger partial charge in [0.2, 0.25) is 0 Å². The van der Waals surface area contributed by atoms with E-state index in [0.717, 1.165) is 48.7 Å². The molecule has 3 rings (SSSR count). The normalized spacial score (nSPS) is 18.6. The minimum absolute atomic E-state index is 0.694. The number of hydrogen-bond donors (Lipinski definition) is 1. The third kappa shape index (κ3) is 1.74. The number of hydrogen-bond acceptors (Lipinski definition) is 2. The van der Waals surface area contributed by atoms with Crippen molar-refractivity contribution < 1.29 is 9.90 Å². The maximum Gasteiger partial charge on any atom is 0.314 e. The van der Waals surface area contributed by atoms with Crippen LogP contribution in [0.3, 0.4) is 0 Å². The fourth-order valence-electron chi connectivity index (χ4n) is 3.35. The lowest BCUT2D eigenvalue weighted by molar-refractivity contribution is -0.145. The maximum atomic E-state index is 11.9. The van der Waals surface area contributed by atoms with E-state index in [1.54, 1.807) is 6.33 Å². The Bertz CT molecular complexity index is 624. The summed E-state index contributed by atoms with van der Waals surface area (Å²) in [5, 5.41) is 9.80. The van der Waals surface area contributed by atoms with E-state index < -0.39 is 11.4 Å². The van der Waals surface area contributed by atoms with Gasteiger partial charge >= 0.3 is 5.97 Å². The van der Waals surface area contributed by atoms with Crippen molar-refractivity contribution in [2.45, 2.75) is 37.5 Å². The minimum Gasteiger partial charge on any atom is -0.481 e. The van der Waals surface area contributed by atoms with Crippen molar-refractivity contribution in [2.24, 2.45) is 7.05 Å². The number of rotatable bonds is 2. The Morgan fingerprint density at radius 2 is 2.05 bits per heavy atom. The SMILES string of the molecule is Cn1cnc2cccc(C3(C(=O)O)CCCCC3)c21.